The predicted molar refractivity (Wildman–Crippen MR) is 231 cm³/mol. The summed E-state index contributed by atoms with van der Waals surface area (Å²) in [5, 5.41) is 7.23. The van der Waals surface area contributed by atoms with Crippen LogP contribution in [0.3, 0.4) is 0 Å². The van der Waals surface area contributed by atoms with Crippen LogP contribution in [0.25, 0.3) is 82.5 Å². The number of hydrogen-bond donors (Lipinski definition) is 0. The molecule has 0 saturated carbocycles. The third-order valence-corrected chi connectivity index (χ3v) is 10.9. The van der Waals surface area contributed by atoms with Crippen LogP contribution in [0.2, 0.25) is 0 Å². The molecule has 0 bridgehead atoms. The Labute approximate surface area is 318 Å². The number of aromatic nitrogens is 1. The summed E-state index contributed by atoms with van der Waals surface area (Å²) in [4.78, 5) is 2.38. The number of fused-ring (bicyclic) bond motifs is 7. The van der Waals surface area contributed by atoms with Crippen LogP contribution in [0.4, 0.5) is 17.1 Å². The van der Waals surface area contributed by atoms with Crippen LogP contribution in [0.15, 0.2) is 211 Å². The number of nitrogens with zero attached hydrogens (tertiary/aromatic N) is 2. The molecule has 2 aromatic heterocycles. The van der Waals surface area contributed by atoms with Gasteiger partial charge in [-0.1, -0.05) is 127 Å². The first-order valence-corrected chi connectivity index (χ1v) is 18.7. The Kier molecular flexibility index (Phi) is 7.17. The lowest BCUT2D eigenvalue weighted by molar-refractivity contribution is 0.669. The lowest BCUT2D eigenvalue weighted by Gasteiger charge is -2.27. The van der Waals surface area contributed by atoms with Gasteiger partial charge in [0, 0.05) is 44.3 Å². The second-order valence-corrected chi connectivity index (χ2v) is 14.2. The molecule has 258 valence electrons. The molecular formula is C52H34N2O. The highest BCUT2D eigenvalue weighted by Gasteiger charge is 2.18. The van der Waals surface area contributed by atoms with Crippen molar-refractivity contribution >= 4 is 71.6 Å². The standard InChI is InChI=1S/C52H34N2O/c1-2-13-36-30-39(27-26-35(36)12-1)37-14-9-16-41(31-37)53(42-17-10-15-38(32-42)40-28-29-48-47-22-5-8-25-51(47)55-52(48)33-40)43-18-11-19-44(34-43)54-49-23-6-3-20-45(49)46-21-4-7-24-50(46)54/h1-34H. The van der Waals surface area contributed by atoms with Gasteiger partial charge >= 0.3 is 0 Å². The maximum absolute atomic E-state index is 6.31. The van der Waals surface area contributed by atoms with E-state index in [4.69, 9.17) is 4.42 Å². The van der Waals surface area contributed by atoms with Crippen molar-refractivity contribution in [3.63, 3.8) is 0 Å². The molecule has 11 rings (SSSR count). The van der Waals surface area contributed by atoms with Crippen molar-refractivity contribution in [1.82, 2.24) is 4.57 Å². The first-order valence-electron chi connectivity index (χ1n) is 18.7. The van der Waals surface area contributed by atoms with Gasteiger partial charge in [-0.25, -0.2) is 0 Å². The third-order valence-electron chi connectivity index (χ3n) is 10.9. The number of rotatable bonds is 6. The van der Waals surface area contributed by atoms with E-state index in [1.807, 2.05) is 12.1 Å². The van der Waals surface area contributed by atoms with E-state index in [0.717, 1.165) is 55.8 Å². The molecule has 0 aliphatic carbocycles. The third kappa shape index (κ3) is 5.28. The van der Waals surface area contributed by atoms with Crippen LogP contribution in [-0.2, 0) is 0 Å². The largest absolute Gasteiger partial charge is 0.456 e. The van der Waals surface area contributed by atoms with Gasteiger partial charge in [0.15, 0.2) is 0 Å². The van der Waals surface area contributed by atoms with Crippen LogP contribution in [0, 0.1) is 0 Å². The Bertz CT molecular complexity index is 3190. The maximum Gasteiger partial charge on any atom is 0.136 e. The van der Waals surface area contributed by atoms with Gasteiger partial charge in [-0.3, -0.25) is 0 Å². The molecule has 11 aromatic rings. The van der Waals surface area contributed by atoms with Gasteiger partial charge in [0.2, 0.25) is 0 Å². The Morgan fingerprint density at radius 2 is 0.855 bits per heavy atom. The van der Waals surface area contributed by atoms with Gasteiger partial charge in [0.05, 0.1) is 11.0 Å². The van der Waals surface area contributed by atoms with Gasteiger partial charge in [-0.15, -0.1) is 0 Å². The van der Waals surface area contributed by atoms with Crippen molar-refractivity contribution in [3.05, 3.63) is 206 Å². The lowest BCUT2D eigenvalue weighted by Crippen LogP contribution is -2.11. The molecule has 0 amide bonds. The molecule has 55 heavy (non-hydrogen) atoms. The van der Waals surface area contributed by atoms with E-state index in [-0.39, 0.29) is 0 Å². The molecule has 0 N–H and O–H groups in total. The number of para-hydroxylation sites is 3. The Morgan fingerprint density at radius 1 is 0.327 bits per heavy atom. The Morgan fingerprint density at radius 3 is 1.58 bits per heavy atom. The fourth-order valence-corrected chi connectivity index (χ4v) is 8.34. The number of furan rings is 1. The zero-order valence-corrected chi connectivity index (χ0v) is 29.9. The number of benzene rings is 9. The molecule has 0 spiro atoms. The monoisotopic (exact) mass is 702 g/mol. The first-order chi connectivity index (χ1) is 27.2. The summed E-state index contributed by atoms with van der Waals surface area (Å²) in [6, 6.07) is 74.1. The second-order valence-electron chi connectivity index (χ2n) is 14.2. The Balaban J connectivity index is 1.08. The summed E-state index contributed by atoms with van der Waals surface area (Å²) in [5.41, 5.74) is 13.1. The smallest absolute Gasteiger partial charge is 0.136 e. The van der Waals surface area contributed by atoms with E-state index in [0.29, 0.717) is 0 Å². The van der Waals surface area contributed by atoms with Gasteiger partial charge in [0.25, 0.3) is 0 Å². The van der Waals surface area contributed by atoms with Gasteiger partial charge < -0.3 is 13.9 Å². The highest BCUT2D eigenvalue weighted by atomic mass is 16.3. The van der Waals surface area contributed by atoms with Gasteiger partial charge in [0.1, 0.15) is 11.2 Å². The summed E-state index contributed by atoms with van der Waals surface area (Å²) in [6.45, 7) is 0. The van der Waals surface area contributed by atoms with Crippen LogP contribution < -0.4 is 4.90 Å². The number of anilines is 3. The van der Waals surface area contributed by atoms with E-state index < -0.39 is 0 Å². The predicted octanol–water partition coefficient (Wildman–Crippen LogP) is 14.6. The number of hydrogen-bond acceptors (Lipinski definition) is 2. The normalized spacial score (nSPS) is 11.6. The molecule has 0 aliphatic heterocycles. The molecule has 0 atom stereocenters. The fourth-order valence-electron chi connectivity index (χ4n) is 8.34. The van der Waals surface area contributed by atoms with E-state index >= 15 is 0 Å². The topological polar surface area (TPSA) is 21.3 Å². The molecule has 3 heteroatoms. The molecule has 0 aliphatic rings. The minimum atomic E-state index is 0.892. The molecule has 0 radical (unpaired) electrons. The highest BCUT2D eigenvalue weighted by Crippen LogP contribution is 2.41. The van der Waals surface area contributed by atoms with Crippen molar-refractivity contribution in [2.24, 2.45) is 0 Å². The SMILES string of the molecule is c1cc(-c2ccc3ccccc3c2)cc(N(c2cccc(-c3ccc4c(c3)oc3ccccc34)c2)c2cccc(-n3c4ccccc4c4ccccc43)c2)c1. The molecule has 3 nitrogen and oxygen atoms in total. The molecule has 2 heterocycles. The quantitative estimate of drug-likeness (QED) is 0.172. The molecule has 0 saturated heterocycles. The van der Waals surface area contributed by atoms with Crippen LogP contribution >= 0.6 is 0 Å². The summed E-state index contributed by atoms with van der Waals surface area (Å²) in [5.74, 6) is 0. The van der Waals surface area contributed by atoms with Crippen molar-refractivity contribution in [3.8, 4) is 27.9 Å². The average Bonchev–Trinajstić information content (AvgIpc) is 3.79. The highest BCUT2D eigenvalue weighted by molar-refractivity contribution is 6.09. The van der Waals surface area contributed by atoms with Crippen LogP contribution in [0.5, 0.6) is 0 Å². The fraction of sp³-hybridized carbons (Fsp3) is 0. The Hall–Kier alpha value is -7.36. The van der Waals surface area contributed by atoms with Crippen LogP contribution in [-0.4, -0.2) is 4.57 Å². The maximum atomic E-state index is 6.31. The summed E-state index contributed by atoms with van der Waals surface area (Å²) in [7, 11) is 0. The molecule has 0 unspecified atom stereocenters. The van der Waals surface area contributed by atoms with Gasteiger partial charge in [-0.2, -0.15) is 0 Å². The first kappa shape index (κ1) is 31.2. The van der Waals surface area contributed by atoms with Crippen molar-refractivity contribution in [2.45, 2.75) is 0 Å². The summed E-state index contributed by atoms with van der Waals surface area (Å²) < 4.78 is 8.70. The van der Waals surface area contributed by atoms with Crippen LogP contribution in [0.1, 0.15) is 0 Å². The second kappa shape index (κ2) is 12.6. The lowest BCUT2D eigenvalue weighted by atomic mass is 10.00. The minimum absolute atomic E-state index is 0.892. The van der Waals surface area contributed by atoms with E-state index in [9.17, 15) is 0 Å². The molecule has 9 aromatic carbocycles. The molecule has 0 fully saturated rings. The summed E-state index contributed by atoms with van der Waals surface area (Å²) >= 11 is 0. The molecular weight excluding hydrogens is 669 g/mol. The van der Waals surface area contributed by atoms with Crippen molar-refractivity contribution in [2.75, 3.05) is 4.90 Å². The summed E-state index contributed by atoms with van der Waals surface area (Å²) in [6.07, 6.45) is 0. The zero-order valence-electron chi connectivity index (χ0n) is 29.9. The van der Waals surface area contributed by atoms with E-state index in [1.165, 1.54) is 43.7 Å². The minimum Gasteiger partial charge on any atom is -0.456 e. The van der Waals surface area contributed by atoms with E-state index in [1.54, 1.807) is 0 Å². The average molecular weight is 703 g/mol. The van der Waals surface area contributed by atoms with E-state index in [2.05, 4.69) is 204 Å². The zero-order chi connectivity index (χ0) is 36.3. The van der Waals surface area contributed by atoms with Crippen molar-refractivity contribution in [1.29, 1.82) is 0 Å². The van der Waals surface area contributed by atoms with Gasteiger partial charge in [-0.05, 0) is 112 Å². The van der Waals surface area contributed by atoms with Crippen molar-refractivity contribution < 1.29 is 4.42 Å².